The molecule has 1 aromatic heterocycles. The van der Waals surface area contributed by atoms with Crippen molar-refractivity contribution in [2.45, 2.75) is 37.4 Å². The number of morpholine rings is 1. The smallest absolute Gasteiger partial charge is 0.410 e. The van der Waals surface area contributed by atoms with E-state index in [0.717, 1.165) is 6.20 Å². The highest BCUT2D eigenvalue weighted by Gasteiger charge is 2.28. The van der Waals surface area contributed by atoms with Gasteiger partial charge in [-0.25, -0.2) is 23.3 Å². The highest BCUT2D eigenvalue weighted by atomic mass is 35.5. The van der Waals surface area contributed by atoms with Gasteiger partial charge in [-0.2, -0.15) is 0 Å². The van der Waals surface area contributed by atoms with E-state index in [1.807, 2.05) is 20.8 Å². The van der Waals surface area contributed by atoms with Gasteiger partial charge in [0.1, 0.15) is 16.3 Å². The Balaban J connectivity index is 1.94. The van der Waals surface area contributed by atoms with Gasteiger partial charge in [0.05, 0.1) is 24.3 Å². The van der Waals surface area contributed by atoms with Crippen LogP contribution >= 0.6 is 11.6 Å². The summed E-state index contributed by atoms with van der Waals surface area (Å²) in [4.78, 5) is 17.5. The van der Waals surface area contributed by atoms with E-state index in [4.69, 9.17) is 26.2 Å². The number of amides is 1. The maximum absolute atomic E-state index is 12.1. The Bertz CT molecular complexity index is 766. The van der Waals surface area contributed by atoms with E-state index in [2.05, 4.69) is 10.3 Å². The van der Waals surface area contributed by atoms with Gasteiger partial charge in [-0.05, 0) is 26.8 Å². The number of ether oxygens (including phenoxy) is 2. The molecule has 1 saturated heterocycles. The van der Waals surface area contributed by atoms with Crippen LogP contribution in [0, 0.1) is 0 Å². The number of carbonyl (C=O) groups excluding carboxylic acids is 1. The lowest BCUT2D eigenvalue weighted by molar-refractivity contribution is -0.0371. The number of aromatic nitrogens is 1. The van der Waals surface area contributed by atoms with Crippen molar-refractivity contribution in [2.75, 3.05) is 31.6 Å². The standard InChI is InChI=1S/C15H23ClN4O5S/c1-15(2,3)25-14(21)20-4-5-24-10(9-20)7-18-13-12(16)6-11(8-19-13)26(17,22)23/h6,8,10H,4-5,7,9H2,1-3H3,(H,18,19)(H2,17,22,23)/t10-/m0/s1. The first-order chi connectivity index (χ1) is 12.0. The molecule has 2 heterocycles. The Kier molecular flexibility index (Phi) is 6.33. The van der Waals surface area contributed by atoms with E-state index < -0.39 is 15.6 Å². The minimum Gasteiger partial charge on any atom is -0.444 e. The largest absolute Gasteiger partial charge is 0.444 e. The number of carbonyl (C=O) groups is 1. The first kappa shape index (κ1) is 20.7. The number of pyridine rings is 1. The molecule has 1 aliphatic heterocycles. The summed E-state index contributed by atoms with van der Waals surface area (Å²) < 4.78 is 33.6. The van der Waals surface area contributed by atoms with Crippen LogP contribution in [-0.2, 0) is 19.5 Å². The Morgan fingerprint density at radius 2 is 2.23 bits per heavy atom. The first-order valence-electron chi connectivity index (χ1n) is 7.97. The molecule has 0 bridgehead atoms. The van der Waals surface area contributed by atoms with Gasteiger partial charge < -0.3 is 19.7 Å². The van der Waals surface area contributed by atoms with Crippen LogP contribution < -0.4 is 10.5 Å². The lowest BCUT2D eigenvalue weighted by atomic mass is 10.2. The zero-order valence-electron chi connectivity index (χ0n) is 14.9. The molecular formula is C15H23ClN4O5S. The molecule has 0 aliphatic carbocycles. The minimum absolute atomic E-state index is 0.122. The highest BCUT2D eigenvalue weighted by Crippen LogP contribution is 2.22. The van der Waals surface area contributed by atoms with Crippen molar-refractivity contribution >= 4 is 33.5 Å². The average molecular weight is 407 g/mol. The summed E-state index contributed by atoms with van der Waals surface area (Å²) in [5, 5.41) is 8.15. The first-order valence-corrected chi connectivity index (χ1v) is 9.90. The minimum atomic E-state index is -3.87. The molecule has 0 radical (unpaired) electrons. The molecule has 2 rings (SSSR count). The van der Waals surface area contributed by atoms with Gasteiger partial charge in [-0.15, -0.1) is 0 Å². The Hall–Kier alpha value is -1.62. The number of nitrogens with two attached hydrogens (primary N) is 1. The van der Waals surface area contributed by atoms with E-state index >= 15 is 0 Å². The van der Waals surface area contributed by atoms with Crippen LogP contribution in [0.3, 0.4) is 0 Å². The molecule has 3 N–H and O–H groups in total. The number of halogens is 1. The number of nitrogens with one attached hydrogen (secondary N) is 1. The van der Waals surface area contributed by atoms with E-state index in [1.165, 1.54) is 6.07 Å². The summed E-state index contributed by atoms with van der Waals surface area (Å²) in [5.74, 6) is 0.303. The van der Waals surface area contributed by atoms with Gasteiger partial charge in [0.2, 0.25) is 10.0 Å². The van der Waals surface area contributed by atoms with Crippen LogP contribution in [0.25, 0.3) is 0 Å². The molecule has 1 amide bonds. The van der Waals surface area contributed by atoms with Crippen LogP contribution in [0.5, 0.6) is 0 Å². The fourth-order valence-corrected chi connectivity index (χ4v) is 3.03. The van der Waals surface area contributed by atoms with Crippen molar-refractivity contribution < 1.29 is 22.7 Å². The molecule has 1 fully saturated rings. The molecule has 26 heavy (non-hydrogen) atoms. The summed E-state index contributed by atoms with van der Waals surface area (Å²) >= 11 is 6.03. The Labute approximate surface area is 157 Å². The lowest BCUT2D eigenvalue weighted by Crippen LogP contribution is -2.49. The molecule has 0 aromatic carbocycles. The van der Waals surface area contributed by atoms with Gasteiger partial charge in [-0.1, -0.05) is 11.6 Å². The predicted octanol–water partition coefficient (Wildman–Crippen LogP) is 1.43. The number of hydrogen-bond acceptors (Lipinski definition) is 7. The van der Waals surface area contributed by atoms with E-state index in [1.54, 1.807) is 4.90 Å². The topological polar surface area (TPSA) is 124 Å². The lowest BCUT2D eigenvalue weighted by Gasteiger charge is -2.34. The van der Waals surface area contributed by atoms with E-state index in [9.17, 15) is 13.2 Å². The van der Waals surface area contributed by atoms with Crippen molar-refractivity contribution in [3.63, 3.8) is 0 Å². The molecule has 146 valence electrons. The van der Waals surface area contributed by atoms with E-state index in [-0.39, 0.29) is 22.1 Å². The van der Waals surface area contributed by atoms with Crippen LogP contribution in [-0.4, -0.2) is 62.3 Å². The maximum atomic E-state index is 12.1. The van der Waals surface area contributed by atoms with E-state index in [0.29, 0.717) is 32.1 Å². The number of hydrogen-bond donors (Lipinski definition) is 2. The van der Waals surface area contributed by atoms with Gasteiger partial charge in [0, 0.05) is 19.3 Å². The van der Waals surface area contributed by atoms with Gasteiger partial charge >= 0.3 is 6.09 Å². The molecule has 1 aromatic rings. The van der Waals surface area contributed by atoms with Crippen LogP contribution in [0.15, 0.2) is 17.2 Å². The average Bonchev–Trinajstić information content (AvgIpc) is 2.51. The van der Waals surface area contributed by atoms with Crippen LogP contribution in [0.4, 0.5) is 10.6 Å². The van der Waals surface area contributed by atoms with Crippen molar-refractivity contribution in [3.8, 4) is 0 Å². The third-order valence-corrected chi connectivity index (χ3v) is 4.60. The molecule has 0 saturated carbocycles. The second kappa shape index (κ2) is 7.95. The second-order valence-corrected chi connectivity index (χ2v) is 8.82. The molecule has 9 nitrogen and oxygen atoms in total. The monoisotopic (exact) mass is 406 g/mol. The summed E-state index contributed by atoms with van der Waals surface area (Å²) in [5.41, 5.74) is -0.564. The molecule has 11 heteroatoms. The molecule has 0 unspecified atom stereocenters. The SMILES string of the molecule is CC(C)(C)OC(=O)N1CCO[C@@H](CNc2ncc(S(N)(=O)=O)cc2Cl)C1. The highest BCUT2D eigenvalue weighted by molar-refractivity contribution is 7.89. The van der Waals surface area contributed by atoms with Gasteiger partial charge in [-0.3, -0.25) is 0 Å². The van der Waals surface area contributed by atoms with Gasteiger partial charge in [0.15, 0.2) is 0 Å². The number of nitrogens with zero attached hydrogens (tertiary/aromatic N) is 2. The zero-order valence-corrected chi connectivity index (χ0v) is 16.4. The molecule has 1 aliphatic rings. The Morgan fingerprint density at radius 3 is 2.81 bits per heavy atom. The Morgan fingerprint density at radius 1 is 1.54 bits per heavy atom. The summed E-state index contributed by atoms with van der Waals surface area (Å²) in [6, 6.07) is 1.22. The number of rotatable bonds is 4. The fraction of sp³-hybridized carbons (Fsp3) is 0.600. The third kappa shape index (κ3) is 5.97. The third-order valence-electron chi connectivity index (χ3n) is 3.43. The van der Waals surface area contributed by atoms with Crippen LogP contribution in [0.1, 0.15) is 20.8 Å². The van der Waals surface area contributed by atoms with Crippen molar-refractivity contribution in [3.05, 3.63) is 17.3 Å². The second-order valence-electron chi connectivity index (χ2n) is 6.85. The number of primary sulfonamides is 1. The predicted molar refractivity (Wildman–Crippen MR) is 96.7 cm³/mol. The number of anilines is 1. The molecule has 0 spiro atoms. The number of sulfonamides is 1. The van der Waals surface area contributed by atoms with Crippen molar-refractivity contribution in [1.29, 1.82) is 0 Å². The fourth-order valence-electron chi connectivity index (χ4n) is 2.25. The summed E-state index contributed by atoms with van der Waals surface area (Å²) in [7, 11) is -3.87. The van der Waals surface area contributed by atoms with Crippen molar-refractivity contribution in [2.24, 2.45) is 5.14 Å². The molecule has 1 atom stereocenters. The normalized spacial score (nSPS) is 18.5. The summed E-state index contributed by atoms with van der Waals surface area (Å²) in [6.07, 6.45) is 0.449. The summed E-state index contributed by atoms with van der Waals surface area (Å²) in [6.45, 7) is 6.95. The quantitative estimate of drug-likeness (QED) is 0.774. The molecular weight excluding hydrogens is 384 g/mol. The van der Waals surface area contributed by atoms with Crippen LogP contribution in [0.2, 0.25) is 5.02 Å². The van der Waals surface area contributed by atoms with Crippen molar-refractivity contribution in [1.82, 2.24) is 9.88 Å². The van der Waals surface area contributed by atoms with Gasteiger partial charge in [0.25, 0.3) is 0 Å². The zero-order chi connectivity index (χ0) is 19.5. The maximum Gasteiger partial charge on any atom is 0.410 e.